The lowest BCUT2D eigenvalue weighted by Crippen LogP contribution is -2.19. The lowest BCUT2D eigenvalue weighted by atomic mass is 10.0. The number of unbranched alkanes of at least 4 members (excludes halogenated alkanes) is 24. The molecule has 120 heavy (non-hydrogen) atoms. The van der Waals surface area contributed by atoms with E-state index in [0.29, 0.717) is 148 Å². The highest BCUT2D eigenvalue weighted by Gasteiger charge is 2.28. The summed E-state index contributed by atoms with van der Waals surface area (Å²) >= 11 is 0. The zero-order valence-electron chi connectivity index (χ0n) is 76.1. The molecule has 0 radical (unpaired) electrons. The van der Waals surface area contributed by atoms with E-state index >= 15 is 0 Å². The number of fused-ring (bicyclic) bond motifs is 8. The van der Waals surface area contributed by atoms with E-state index in [1.54, 1.807) is 0 Å². The predicted molar refractivity (Wildman–Crippen MR) is 494 cm³/mol. The van der Waals surface area contributed by atoms with Crippen LogP contribution in [0.25, 0.3) is 22.3 Å². The number of H-pyrrole nitrogens is 4. The topological polar surface area (TPSA) is 174 Å². The van der Waals surface area contributed by atoms with Gasteiger partial charge < -0.3 is 76.8 Å². The van der Waals surface area contributed by atoms with Crippen LogP contribution in [-0.4, -0.2) is 99.2 Å². The summed E-state index contributed by atoms with van der Waals surface area (Å²) in [7, 11) is 0. The zero-order chi connectivity index (χ0) is 84.7. The molecule has 0 fully saturated rings. The molecule has 8 aromatic rings. The molecular formula is C104H152N4O12. The third-order valence-corrected chi connectivity index (χ3v) is 22.2. The molecule has 16 heteroatoms. The summed E-state index contributed by atoms with van der Waals surface area (Å²) in [4.78, 5) is 16.7. The highest BCUT2D eigenvalue weighted by Crippen LogP contribution is 2.47. The smallest absolute Gasteiger partial charge is 0.203 e. The average molecular weight is 1650 g/mol. The first kappa shape index (κ1) is 94.9. The van der Waals surface area contributed by atoms with Gasteiger partial charge >= 0.3 is 0 Å². The molecule has 9 rings (SSSR count). The molecule has 4 aromatic heterocycles. The molecule has 0 amide bonds. The van der Waals surface area contributed by atoms with Crippen LogP contribution in [0.2, 0.25) is 0 Å². The van der Waals surface area contributed by atoms with Crippen molar-refractivity contribution in [2.24, 2.45) is 0 Å². The minimum absolute atomic E-state index is 0.522. The Kier molecular flexibility index (Phi) is 43.1. The minimum Gasteiger partial charge on any atom is -0.490 e. The predicted octanol–water partition coefficient (Wildman–Crippen LogP) is 25.1. The fourth-order valence-corrected chi connectivity index (χ4v) is 15.3. The number of rotatable bonds is 64. The van der Waals surface area contributed by atoms with Crippen LogP contribution < -0.4 is 78.2 Å². The number of aromatic amines is 4. The Balaban J connectivity index is 1.49. The normalized spacial score (nSPS) is 12.0. The third-order valence-electron chi connectivity index (χ3n) is 22.2. The first-order valence-electron chi connectivity index (χ1n) is 47.7. The summed E-state index contributed by atoms with van der Waals surface area (Å²) in [5.41, 5.74) is 10.5. The SMILES string of the molecule is CCCCCOc1cc(C2=c3ccc([nH]3)=C(c3cc(OCCCCC)c(OCCCCC)c(OCCCCC)c3)c3ccc([nH]3)C(c3cc(OCCCCC)c(OCCCCC)c(OCCCCC)c3)=c3ccc([nH]3)=C(c3cc(OCCCCC)c(OCCCCC)c(OCCCCC)c3)c3ccc2[nH]3)cc(OCCCCC)c1OCCCCC. The second kappa shape index (κ2) is 54.5. The van der Waals surface area contributed by atoms with Crippen LogP contribution in [0.5, 0.6) is 69.0 Å². The van der Waals surface area contributed by atoms with E-state index in [9.17, 15) is 0 Å². The summed E-state index contributed by atoms with van der Waals surface area (Å²) in [5, 5.41) is 3.40. The largest absolute Gasteiger partial charge is 0.490 e. The van der Waals surface area contributed by atoms with Gasteiger partial charge in [-0.25, -0.2) is 0 Å². The molecule has 1 aliphatic rings. The molecule has 8 bridgehead atoms. The number of aromatic nitrogens is 4. The summed E-state index contributed by atoms with van der Waals surface area (Å²) in [6, 6.07) is 35.2. The van der Waals surface area contributed by atoms with E-state index < -0.39 is 0 Å². The second-order valence-electron chi connectivity index (χ2n) is 32.5. The molecule has 0 atom stereocenters. The van der Waals surface area contributed by atoms with Gasteiger partial charge in [0.1, 0.15) is 0 Å². The van der Waals surface area contributed by atoms with Crippen molar-refractivity contribution in [3.05, 3.63) is 163 Å². The quantitative estimate of drug-likeness (QED) is 0.0266. The van der Waals surface area contributed by atoms with Crippen LogP contribution in [0.4, 0.5) is 0 Å². The second-order valence-corrected chi connectivity index (χ2v) is 32.5. The Morgan fingerprint density at radius 3 is 0.450 bits per heavy atom. The molecular weight excluding hydrogens is 1500 g/mol. The summed E-state index contributed by atoms with van der Waals surface area (Å²) in [5.74, 6) is 7.75. The zero-order valence-corrected chi connectivity index (χ0v) is 76.1. The van der Waals surface area contributed by atoms with Gasteiger partial charge in [0, 0.05) is 66.5 Å². The van der Waals surface area contributed by atoms with Crippen molar-refractivity contribution in [3.8, 4) is 69.0 Å². The summed E-state index contributed by atoms with van der Waals surface area (Å²) < 4.78 is 84.0. The number of ether oxygens (including phenoxy) is 12. The number of benzene rings is 4. The van der Waals surface area contributed by atoms with Crippen molar-refractivity contribution in [1.29, 1.82) is 0 Å². The van der Waals surface area contributed by atoms with Gasteiger partial charge in [0.25, 0.3) is 0 Å². The first-order chi connectivity index (χ1) is 59.1. The van der Waals surface area contributed by atoms with Crippen molar-refractivity contribution in [2.45, 2.75) is 314 Å². The molecule has 0 unspecified atom stereocenters. The van der Waals surface area contributed by atoms with Gasteiger partial charge in [-0.3, -0.25) is 0 Å². The molecule has 0 saturated carbocycles. The maximum atomic E-state index is 7.04. The van der Waals surface area contributed by atoms with E-state index in [1.165, 1.54) is 0 Å². The van der Waals surface area contributed by atoms with Crippen LogP contribution in [0.1, 0.15) is 359 Å². The number of hydrogen-bond acceptors (Lipinski definition) is 12. The van der Waals surface area contributed by atoms with Crippen molar-refractivity contribution >= 4 is 22.3 Å². The highest BCUT2D eigenvalue weighted by molar-refractivity contribution is 5.87. The Hall–Kier alpha value is -8.92. The Morgan fingerprint density at radius 1 is 0.167 bits per heavy atom. The molecule has 0 spiro atoms. The van der Waals surface area contributed by atoms with Gasteiger partial charge in [-0.05, 0) is 196 Å². The third kappa shape index (κ3) is 28.6. The minimum atomic E-state index is 0.522. The fourth-order valence-electron chi connectivity index (χ4n) is 15.3. The molecule has 16 nitrogen and oxygen atoms in total. The van der Waals surface area contributed by atoms with E-state index in [4.69, 9.17) is 56.8 Å². The summed E-state index contributed by atoms with van der Waals surface area (Å²) in [6.45, 7) is 33.1. The van der Waals surface area contributed by atoms with E-state index in [1.807, 2.05) is 0 Å². The Labute approximate surface area is 721 Å². The van der Waals surface area contributed by atoms with Crippen molar-refractivity contribution < 1.29 is 56.8 Å². The van der Waals surface area contributed by atoms with E-state index in [2.05, 4.69) is 200 Å². The molecule has 1 aliphatic heterocycles. The number of nitrogens with one attached hydrogen (secondary N) is 4. The van der Waals surface area contributed by atoms with Crippen LogP contribution in [0.3, 0.4) is 0 Å². The van der Waals surface area contributed by atoms with Crippen molar-refractivity contribution in [2.75, 3.05) is 79.3 Å². The fraction of sp³-hybridized carbons (Fsp3) is 0.577. The lowest BCUT2D eigenvalue weighted by molar-refractivity contribution is 0.235. The molecule has 4 aromatic carbocycles. The average Bonchev–Trinajstić information content (AvgIpc) is 1.58. The monoisotopic (exact) mass is 1650 g/mol. The van der Waals surface area contributed by atoms with Gasteiger partial charge in [0.05, 0.1) is 79.3 Å². The Bertz CT molecular complexity index is 3830. The molecule has 0 saturated heterocycles. The maximum Gasteiger partial charge on any atom is 0.203 e. The standard InChI is InChI=1S/C104H152N4O12/c1-13-25-37-57-109-89-69-77(70-90(110-58-38-26-14-2)101(89)117-65-45-33-21-9)97-81-49-51-83(105-81)98(78-71-91(111-59-39-27-15-3)102(118-66-46-34-22-10)92(72-78)112-60-40-28-16-4)85-53-55-87(107-85)100(80-75-95(115-63-43-31-19-7)104(120-68-48-36-24-12)96(76-80)116-64-44-32-20-8)88-56-54-86(108-88)99(84-52-50-82(97)106-84)79-73-93(113-61-41-29-17-5)103(119-67-47-35-23-11)94(74-79)114-62-42-30-18-6/h49-56,69-76,105-108H,13-48,57-68H2,1-12H3. The molecule has 4 N–H and O–H groups in total. The van der Waals surface area contributed by atoms with Gasteiger partial charge in [0.15, 0.2) is 46.0 Å². The molecule has 660 valence electrons. The highest BCUT2D eigenvalue weighted by atomic mass is 16.6. The summed E-state index contributed by atoms with van der Waals surface area (Å²) in [6.07, 6.45) is 36.1. The first-order valence-corrected chi connectivity index (χ1v) is 47.7. The van der Waals surface area contributed by atoms with Crippen molar-refractivity contribution in [1.82, 2.24) is 19.9 Å². The van der Waals surface area contributed by atoms with Gasteiger partial charge in [-0.1, -0.05) is 237 Å². The molecule has 5 heterocycles. The maximum absolute atomic E-state index is 7.04. The van der Waals surface area contributed by atoms with Gasteiger partial charge in [-0.2, -0.15) is 0 Å². The van der Waals surface area contributed by atoms with Gasteiger partial charge in [0.2, 0.25) is 23.0 Å². The number of hydrogen-bond donors (Lipinski definition) is 4. The molecule has 0 aliphatic carbocycles. The van der Waals surface area contributed by atoms with Crippen molar-refractivity contribution in [3.63, 3.8) is 0 Å². The van der Waals surface area contributed by atoms with E-state index in [0.717, 1.165) is 320 Å². The van der Waals surface area contributed by atoms with E-state index in [-0.39, 0.29) is 0 Å². The van der Waals surface area contributed by atoms with Crippen LogP contribution >= 0.6 is 0 Å². The lowest BCUT2D eigenvalue weighted by Gasteiger charge is -2.20. The van der Waals surface area contributed by atoms with Crippen LogP contribution in [0, 0.1) is 0 Å². The van der Waals surface area contributed by atoms with Crippen LogP contribution in [-0.2, 0) is 0 Å². The Morgan fingerprint density at radius 2 is 0.308 bits per heavy atom. The van der Waals surface area contributed by atoms with Gasteiger partial charge in [-0.15, -0.1) is 0 Å². The van der Waals surface area contributed by atoms with Crippen LogP contribution in [0.15, 0.2) is 97.1 Å².